The Morgan fingerprint density at radius 1 is 1.53 bits per heavy atom. The molecule has 0 aliphatic carbocycles. The first-order valence-corrected chi connectivity index (χ1v) is 5.08. The molecule has 1 aromatic carbocycles. The molecule has 0 fully saturated rings. The topological polar surface area (TPSA) is 35.8 Å². The number of nitrogens with one attached hydrogen (secondary N) is 1. The molecule has 2 atom stereocenters. The van der Waals surface area contributed by atoms with E-state index in [4.69, 9.17) is 5.26 Å². The lowest BCUT2D eigenvalue weighted by atomic mass is 10.1. The molecule has 0 heterocycles. The van der Waals surface area contributed by atoms with Crippen LogP contribution in [-0.2, 0) is 0 Å². The summed E-state index contributed by atoms with van der Waals surface area (Å²) in [6.45, 7) is 3.87. The Labute approximate surface area is 89.7 Å². The second-order valence-electron chi connectivity index (χ2n) is 3.53. The standard InChI is InChI=1S/C12H15FN2/c1-3-12(8-14)15-9(2)10-5-4-6-11(13)7-10/h4-7,9,12,15H,3H2,1-2H3. The van der Waals surface area contributed by atoms with Gasteiger partial charge in [0, 0.05) is 6.04 Å². The molecule has 0 aliphatic rings. The zero-order valence-electron chi connectivity index (χ0n) is 9.00. The molecule has 0 aromatic heterocycles. The molecular weight excluding hydrogens is 191 g/mol. The van der Waals surface area contributed by atoms with Crippen LogP contribution in [0.4, 0.5) is 4.39 Å². The van der Waals surface area contributed by atoms with Crippen molar-refractivity contribution in [2.45, 2.75) is 32.4 Å². The van der Waals surface area contributed by atoms with E-state index in [0.29, 0.717) is 0 Å². The summed E-state index contributed by atoms with van der Waals surface area (Å²) in [5.74, 6) is -0.244. The SMILES string of the molecule is CCC(C#N)NC(C)c1cccc(F)c1. The molecule has 0 aliphatic heterocycles. The van der Waals surface area contributed by atoms with E-state index in [1.165, 1.54) is 12.1 Å². The van der Waals surface area contributed by atoms with Gasteiger partial charge in [-0.2, -0.15) is 5.26 Å². The van der Waals surface area contributed by atoms with Gasteiger partial charge in [-0.25, -0.2) is 4.39 Å². The van der Waals surface area contributed by atoms with E-state index in [2.05, 4.69) is 11.4 Å². The second kappa shape index (κ2) is 5.47. The summed E-state index contributed by atoms with van der Waals surface area (Å²) in [7, 11) is 0. The third-order valence-electron chi connectivity index (χ3n) is 2.36. The summed E-state index contributed by atoms with van der Waals surface area (Å²) in [6, 6.07) is 8.41. The van der Waals surface area contributed by atoms with Gasteiger partial charge in [0.05, 0.1) is 12.1 Å². The number of halogens is 1. The van der Waals surface area contributed by atoms with Gasteiger partial charge in [0.1, 0.15) is 5.82 Å². The van der Waals surface area contributed by atoms with E-state index >= 15 is 0 Å². The molecule has 2 nitrogen and oxygen atoms in total. The molecule has 0 saturated heterocycles. The molecule has 1 N–H and O–H groups in total. The van der Waals surface area contributed by atoms with Crippen molar-refractivity contribution in [3.8, 4) is 6.07 Å². The van der Waals surface area contributed by atoms with Crippen LogP contribution in [0.15, 0.2) is 24.3 Å². The van der Waals surface area contributed by atoms with Gasteiger partial charge in [-0.15, -0.1) is 0 Å². The molecule has 0 bridgehead atoms. The van der Waals surface area contributed by atoms with Crippen molar-refractivity contribution >= 4 is 0 Å². The smallest absolute Gasteiger partial charge is 0.123 e. The number of nitriles is 1. The first-order chi connectivity index (χ1) is 7.17. The summed E-state index contributed by atoms with van der Waals surface area (Å²) in [6.07, 6.45) is 0.746. The summed E-state index contributed by atoms with van der Waals surface area (Å²) < 4.78 is 12.9. The fourth-order valence-corrected chi connectivity index (χ4v) is 1.42. The van der Waals surface area contributed by atoms with Crippen LogP contribution in [0.2, 0.25) is 0 Å². The average Bonchev–Trinajstić information content (AvgIpc) is 2.25. The van der Waals surface area contributed by atoms with E-state index in [0.717, 1.165) is 12.0 Å². The van der Waals surface area contributed by atoms with Gasteiger partial charge in [-0.1, -0.05) is 19.1 Å². The number of benzene rings is 1. The molecule has 15 heavy (non-hydrogen) atoms. The van der Waals surface area contributed by atoms with Gasteiger partial charge in [0.2, 0.25) is 0 Å². The second-order valence-corrected chi connectivity index (χ2v) is 3.53. The molecule has 0 spiro atoms. The molecule has 3 heteroatoms. The third kappa shape index (κ3) is 3.34. The van der Waals surface area contributed by atoms with Crippen LogP contribution in [0.3, 0.4) is 0 Å². The van der Waals surface area contributed by atoms with Gasteiger partial charge >= 0.3 is 0 Å². The Bertz CT molecular complexity index is 357. The Kier molecular flexibility index (Phi) is 4.26. The van der Waals surface area contributed by atoms with Crippen molar-refractivity contribution in [1.29, 1.82) is 5.26 Å². The van der Waals surface area contributed by atoms with Crippen LogP contribution in [-0.4, -0.2) is 6.04 Å². The molecular formula is C12H15FN2. The lowest BCUT2D eigenvalue weighted by Gasteiger charge is -2.17. The molecule has 2 unspecified atom stereocenters. The summed E-state index contributed by atoms with van der Waals surface area (Å²) >= 11 is 0. The van der Waals surface area contributed by atoms with Crippen LogP contribution < -0.4 is 5.32 Å². The van der Waals surface area contributed by atoms with Gasteiger partial charge in [-0.3, -0.25) is 5.32 Å². The first-order valence-electron chi connectivity index (χ1n) is 5.08. The predicted octanol–water partition coefficient (Wildman–Crippen LogP) is 2.78. The molecule has 0 saturated carbocycles. The number of hydrogen-bond donors (Lipinski definition) is 1. The zero-order chi connectivity index (χ0) is 11.3. The van der Waals surface area contributed by atoms with E-state index in [1.807, 2.05) is 19.9 Å². The maximum atomic E-state index is 12.9. The molecule has 0 radical (unpaired) electrons. The fourth-order valence-electron chi connectivity index (χ4n) is 1.42. The van der Waals surface area contributed by atoms with Crippen LogP contribution in [0, 0.1) is 17.1 Å². The lowest BCUT2D eigenvalue weighted by molar-refractivity contribution is 0.505. The molecule has 0 amide bonds. The minimum atomic E-state index is -0.244. The van der Waals surface area contributed by atoms with Gasteiger partial charge in [-0.05, 0) is 31.0 Å². The van der Waals surface area contributed by atoms with E-state index < -0.39 is 0 Å². The molecule has 1 aromatic rings. The van der Waals surface area contributed by atoms with Crippen molar-refractivity contribution in [1.82, 2.24) is 5.32 Å². The largest absolute Gasteiger partial charge is 0.295 e. The average molecular weight is 206 g/mol. The van der Waals surface area contributed by atoms with Crippen LogP contribution in [0.1, 0.15) is 31.9 Å². The van der Waals surface area contributed by atoms with E-state index in [-0.39, 0.29) is 17.9 Å². The normalized spacial score (nSPS) is 14.3. The van der Waals surface area contributed by atoms with Crippen molar-refractivity contribution in [3.05, 3.63) is 35.6 Å². The number of hydrogen-bond acceptors (Lipinski definition) is 2. The third-order valence-corrected chi connectivity index (χ3v) is 2.36. The fraction of sp³-hybridized carbons (Fsp3) is 0.417. The highest BCUT2D eigenvalue weighted by atomic mass is 19.1. The highest BCUT2D eigenvalue weighted by molar-refractivity contribution is 5.20. The minimum Gasteiger partial charge on any atom is -0.295 e. The van der Waals surface area contributed by atoms with Crippen molar-refractivity contribution in [2.24, 2.45) is 0 Å². The summed E-state index contributed by atoms with van der Waals surface area (Å²) in [5, 5.41) is 11.9. The lowest BCUT2D eigenvalue weighted by Crippen LogP contribution is -2.29. The highest BCUT2D eigenvalue weighted by Crippen LogP contribution is 2.14. The van der Waals surface area contributed by atoms with Gasteiger partial charge < -0.3 is 0 Å². The van der Waals surface area contributed by atoms with Gasteiger partial charge in [0.25, 0.3) is 0 Å². The predicted molar refractivity (Wildman–Crippen MR) is 57.6 cm³/mol. The van der Waals surface area contributed by atoms with Crippen molar-refractivity contribution in [2.75, 3.05) is 0 Å². The Balaban J connectivity index is 2.69. The highest BCUT2D eigenvalue weighted by Gasteiger charge is 2.10. The van der Waals surface area contributed by atoms with Crippen LogP contribution in [0.25, 0.3) is 0 Å². The van der Waals surface area contributed by atoms with Gasteiger partial charge in [0.15, 0.2) is 0 Å². The Hall–Kier alpha value is -1.40. The molecule has 80 valence electrons. The quantitative estimate of drug-likeness (QED) is 0.822. The number of nitrogens with zero attached hydrogens (tertiary/aromatic N) is 1. The Morgan fingerprint density at radius 2 is 2.27 bits per heavy atom. The van der Waals surface area contributed by atoms with E-state index in [9.17, 15) is 4.39 Å². The molecule has 1 rings (SSSR count). The first kappa shape index (κ1) is 11.7. The summed E-state index contributed by atoms with van der Waals surface area (Å²) in [5.41, 5.74) is 0.865. The monoisotopic (exact) mass is 206 g/mol. The van der Waals surface area contributed by atoms with E-state index in [1.54, 1.807) is 6.07 Å². The Morgan fingerprint density at radius 3 is 2.80 bits per heavy atom. The number of rotatable bonds is 4. The summed E-state index contributed by atoms with van der Waals surface area (Å²) in [4.78, 5) is 0. The van der Waals surface area contributed by atoms with Crippen LogP contribution in [0.5, 0.6) is 0 Å². The van der Waals surface area contributed by atoms with Crippen LogP contribution >= 0.6 is 0 Å². The maximum absolute atomic E-state index is 12.9. The van der Waals surface area contributed by atoms with Crippen molar-refractivity contribution in [3.63, 3.8) is 0 Å². The maximum Gasteiger partial charge on any atom is 0.123 e. The minimum absolute atomic E-state index is 0.00898. The zero-order valence-corrected chi connectivity index (χ0v) is 9.00. The van der Waals surface area contributed by atoms with Crippen molar-refractivity contribution < 1.29 is 4.39 Å².